The number of methoxy groups -OCH3 is 1. The number of aromatic nitrogens is 2. The second-order valence-electron chi connectivity index (χ2n) is 7.67. The monoisotopic (exact) mass is 396 g/mol. The summed E-state index contributed by atoms with van der Waals surface area (Å²) in [4.78, 5) is 14.7. The van der Waals surface area contributed by atoms with Crippen LogP contribution in [0.1, 0.15) is 25.7 Å². The maximum absolute atomic E-state index is 12.6. The van der Waals surface area contributed by atoms with Crippen molar-refractivity contribution in [3.8, 4) is 17.0 Å². The van der Waals surface area contributed by atoms with Crippen molar-refractivity contribution in [3.63, 3.8) is 0 Å². The summed E-state index contributed by atoms with van der Waals surface area (Å²) in [5.41, 5.74) is 1.81. The fourth-order valence-electron chi connectivity index (χ4n) is 3.97. The van der Waals surface area contributed by atoms with Crippen LogP contribution in [0.15, 0.2) is 36.4 Å². The zero-order valence-electron chi connectivity index (χ0n) is 16.8. The van der Waals surface area contributed by atoms with Gasteiger partial charge in [-0.15, -0.1) is 10.2 Å². The van der Waals surface area contributed by atoms with Crippen molar-refractivity contribution in [3.05, 3.63) is 36.4 Å². The fourth-order valence-corrected chi connectivity index (χ4v) is 3.97. The van der Waals surface area contributed by atoms with Crippen molar-refractivity contribution < 1.29 is 14.3 Å². The molecule has 2 aliphatic rings. The number of anilines is 1. The van der Waals surface area contributed by atoms with Gasteiger partial charge in [0.2, 0.25) is 5.91 Å². The van der Waals surface area contributed by atoms with Gasteiger partial charge in [0.15, 0.2) is 5.82 Å². The molecule has 2 saturated heterocycles. The van der Waals surface area contributed by atoms with Crippen molar-refractivity contribution in [2.45, 2.75) is 31.8 Å². The Kier molecular flexibility index (Phi) is 6.24. The van der Waals surface area contributed by atoms with Crippen molar-refractivity contribution in [1.82, 2.24) is 15.5 Å². The maximum Gasteiger partial charge on any atom is 0.224 e. The minimum Gasteiger partial charge on any atom is -0.497 e. The number of nitrogens with one attached hydrogen (secondary N) is 1. The van der Waals surface area contributed by atoms with E-state index in [1.54, 1.807) is 7.11 Å². The predicted octanol–water partition coefficient (Wildman–Crippen LogP) is 2.66. The summed E-state index contributed by atoms with van der Waals surface area (Å²) in [6, 6.07) is 11.7. The highest BCUT2D eigenvalue weighted by Crippen LogP contribution is 2.24. The number of benzene rings is 1. The number of piperidine rings is 1. The van der Waals surface area contributed by atoms with Crippen molar-refractivity contribution in [1.29, 1.82) is 0 Å². The molecular formula is C22H28N4O3. The van der Waals surface area contributed by atoms with Gasteiger partial charge < -0.3 is 19.7 Å². The van der Waals surface area contributed by atoms with Crippen LogP contribution >= 0.6 is 0 Å². The Hall–Kier alpha value is -2.67. The Morgan fingerprint density at radius 1 is 1.17 bits per heavy atom. The first-order chi connectivity index (χ1) is 14.2. The van der Waals surface area contributed by atoms with Crippen LogP contribution in [0.2, 0.25) is 0 Å². The van der Waals surface area contributed by atoms with E-state index < -0.39 is 0 Å². The Morgan fingerprint density at radius 2 is 2.03 bits per heavy atom. The SMILES string of the molecule is COc1ccc(-c2ccc(N3CCC[C@@H](C(=O)NC[C@H]4CCCO4)C3)nn2)cc1. The van der Waals surface area contributed by atoms with Gasteiger partial charge >= 0.3 is 0 Å². The Labute approximate surface area is 171 Å². The molecule has 4 rings (SSSR count). The molecule has 0 unspecified atom stereocenters. The van der Waals surface area contributed by atoms with Crippen LogP contribution in [-0.2, 0) is 9.53 Å². The summed E-state index contributed by atoms with van der Waals surface area (Å²) in [5, 5.41) is 11.9. The van der Waals surface area contributed by atoms with E-state index in [-0.39, 0.29) is 17.9 Å². The van der Waals surface area contributed by atoms with Crippen LogP contribution in [0.4, 0.5) is 5.82 Å². The van der Waals surface area contributed by atoms with Crippen LogP contribution in [0.3, 0.4) is 0 Å². The minimum atomic E-state index is -0.0202. The highest BCUT2D eigenvalue weighted by atomic mass is 16.5. The van der Waals surface area contributed by atoms with E-state index in [0.717, 1.165) is 61.7 Å². The number of nitrogens with zero attached hydrogens (tertiary/aromatic N) is 3. The second kappa shape index (κ2) is 9.22. The van der Waals surface area contributed by atoms with Crippen molar-refractivity contribution >= 4 is 11.7 Å². The Balaban J connectivity index is 1.35. The van der Waals surface area contributed by atoms with E-state index in [0.29, 0.717) is 13.1 Å². The molecule has 0 saturated carbocycles. The number of amides is 1. The summed E-state index contributed by atoms with van der Waals surface area (Å²) in [7, 11) is 1.65. The number of carbonyl (C=O) groups excluding carboxylic acids is 1. The van der Waals surface area contributed by atoms with Gasteiger partial charge in [-0.2, -0.15) is 0 Å². The maximum atomic E-state index is 12.6. The molecular weight excluding hydrogens is 368 g/mol. The molecule has 1 N–H and O–H groups in total. The molecule has 1 amide bonds. The van der Waals surface area contributed by atoms with E-state index in [2.05, 4.69) is 20.4 Å². The first kappa shape index (κ1) is 19.6. The number of hydrogen-bond donors (Lipinski definition) is 1. The predicted molar refractivity (Wildman–Crippen MR) is 111 cm³/mol. The lowest BCUT2D eigenvalue weighted by molar-refractivity contribution is -0.125. The van der Waals surface area contributed by atoms with Crippen LogP contribution in [0.25, 0.3) is 11.3 Å². The third kappa shape index (κ3) is 4.85. The molecule has 1 aromatic carbocycles. The van der Waals surface area contributed by atoms with Crippen LogP contribution in [0, 0.1) is 5.92 Å². The summed E-state index contributed by atoms with van der Waals surface area (Å²) < 4.78 is 10.8. The summed E-state index contributed by atoms with van der Waals surface area (Å²) in [5.74, 6) is 1.73. The lowest BCUT2D eigenvalue weighted by Gasteiger charge is -2.32. The largest absolute Gasteiger partial charge is 0.497 e. The van der Waals surface area contributed by atoms with Gasteiger partial charge in [0.25, 0.3) is 0 Å². The minimum absolute atomic E-state index is 0.0202. The normalized spacial score (nSPS) is 21.8. The molecule has 1 aromatic heterocycles. The topological polar surface area (TPSA) is 76.6 Å². The fraction of sp³-hybridized carbons (Fsp3) is 0.500. The molecule has 0 spiro atoms. The van der Waals surface area contributed by atoms with Gasteiger partial charge in [-0.3, -0.25) is 4.79 Å². The highest BCUT2D eigenvalue weighted by Gasteiger charge is 2.27. The number of rotatable bonds is 6. The van der Waals surface area contributed by atoms with Gasteiger partial charge in [0.1, 0.15) is 5.75 Å². The van der Waals surface area contributed by atoms with Gasteiger partial charge in [0.05, 0.1) is 24.8 Å². The van der Waals surface area contributed by atoms with Gasteiger partial charge in [-0.25, -0.2) is 0 Å². The number of carbonyl (C=O) groups is 1. The van der Waals surface area contributed by atoms with Crippen LogP contribution < -0.4 is 15.0 Å². The molecule has 0 aliphatic carbocycles. The third-order valence-corrected chi connectivity index (χ3v) is 5.68. The molecule has 154 valence electrons. The third-order valence-electron chi connectivity index (χ3n) is 5.68. The van der Waals surface area contributed by atoms with Crippen LogP contribution in [0.5, 0.6) is 5.75 Å². The smallest absolute Gasteiger partial charge is 0.224 e. The van der Waals surface area contributed by atoms with E-state index in [9.17, 15) is 4.79 Å². The standard InChI is InChI=1S/C22H28N4O3/c1-28-18-8-6-16(7-9-18)20-10-11-21(25-24-20)26-12-2-4-17(15-26)22(27)23-14-19-5-3-13-29-19/h6-11,17,19H,2-5,12-15H2,1H3,(H,23,27)/t17-,19-/m1/s1. The van der Waals surface area contributed by atoms with Gasteiger partial charge in [-0.05, 0) is 62.1 Å². The summed E-state index contributed by atoms with van der Waals surface area (Å²) >= 11 is 0. The average Bonchev–Trinajstić information content (AvgIpc) is 3.31. The molecule has 2 atom stereocenters. The van der Waals surface area contributed by atoms with Gasteiger partial charge in [0, 0.05) is 31.8 Å². The zero-order chi connectivity index (χ0) is 20.1. The average molecular weight is 396 g/mol. The molecule has 0 bridgehead atoms. The van der Waals surface area contributed by atoms with E-state index in [4.69, 9.17) is 9.47 Å². The molecule has 2 fully saturated rings. The molecule has 2 aliphatic heterocycles. The first-order valence-electron chi connectivity index (χ1n) is 10.4. The van der Waals surface area contributed by atoms with E-state index >= 15 is 0 Å². The lowest BCUT2D eigenvalue weighted by atomic mass is 9.97. The number of ether oxygens (including phenoxy) is 2. The lowest BCUT2D eigenvalue weighted by Crippen LogP contribution is -2.45. The Morgan fingerprint density at radius 3 is 2.72 bits per heavy atom. The van der Waals surface area contributed by atoms with E-state index in [1.807, 2.05) is 36.4 Å². The first-order valence-corrected chi connectivity index (χ1v) is 10.4. The van der Waals surface area contributed by atoms with Crippen LogP contribution in [-0.4, -0.2) is 55.6 Å². The number of hydrogen-bond acceptors (Lipinski definition) is 6. The molecule has 29 heavy (non-hydrogen) atoms. The molecule has 7 heteroatoms. The summed E-state index contributed by atoms with van der Waals surface area (Å²) in [6.07, 6.45) is 4.18. The van der Waals surface area contributed by atoms with E-state index in [1.165, 1.54) is 0 Å². The molecule has 2 aromatic rings. The zero-order valence-corrected chi connectivity index (χ0v) is 16.8. The quantitative estimate of drug-likeness (QED) is 0.809. The molecule has 0 radical (unpaired) electrons. The molecule has 3 heterocycles. The highest BCUT2D eigenvalue weighted by molar-refractivity contribution is 5.79. The van der Waals surface area contributed by atoms with Crippen molar-refractivity contribution in [2.24, 2.45) is 5.92 Å². The van der Waals surface area contributed by atoms with Gasteiger partial charge in [-0.1, -0.05) is 0 Å². The summed E-state index contributed by atoms with van der Waals surface area (Å²) in [6.45, 7) is 2.99. The molecule has 7 nitrogen and oxygen atoms in total. The Bertz CT molecular complexity index is 804. The van der Waals surface area contributed by atoms with Crippen molar-refractivity contribution in [2.75, 3.05) is 38.3 Å². The second-order valence-corrected chi connectivity index (χ2v) is 7.67.